The Hall–Kier alpha value is -1.88. The Morgan fingerprint density at radius 2 is 1.67 bits per heavy atom. The second-order valence-electron chi connectivity index (χ2n) is 6.66. The summed E-state index contributed by atoms with van der Waals surface area (Å²) in [5, 5.41) is 5.76. The van der Waals surface area contributed by atoms with E-state index in [1.807, 2.05) is 64.0 Å². The second-order valence-corrected chi connectivity index (χ2v) is 6.66. The predicted octanol–water partition coefficient (Wildman–Crippen LogP) is 3.16. The summed E-state index contributed by atoms with van der Waals surface area (Å²) >= 11 is 0. The van der Waals surface area contributed by atoms with Gasteiger partial charge in [0.1, 0.15) is 6.04 Å². The number of rotatable bonds is 8. The second kappa shape index (κ2) is 9.42. The van der Waals surface area contributed by atoms with E-state index in [-0.39, 0.29) is 26.6 Å². The van der Waals surface area contributed by atoms with Crippen molar-refractivity contribution in [1.29, 1.82) is 0 Å². The van der Waals surface area contributed by atoms with Crippen LogP contribution in [0.2, 0.25) is 0 Å². The van der Waals surface area contributed by atoms with Crippen LogP contribution in [0, 0.1) is 5.92 Å². The Kier molecular flexibility index (Phi) is 7.92. The van der Waals surface area contributed by atoms with Gasteiger partial charge in [0.05, 0.1) is 6.04 Å². The fourth-order valence-corrected chi connectivity index (χ4v) is 2.80. The number of likely N-dealkylation sites (N-methyl/N-ethyl adjacent to an activating group) is 1. The molecule has 0 aliphatic carbocycles. The normalized spacial score (nSPS) is 13.7. The van der Waals surface area contributed by atoms with Crippen LogP contribution in [0.4, 0.5) is 5.69 Å². The van der Waals surface area contributed by atoms with Crippen LogP contribution in [0.3, 0.4) is 0 Å². The monoisotopic (exact) mass is 337 g/mol. The minimum atomic E-state index is -0.537. The number of nitrogens with zero attached hydrogens (tertiary/aromatic N) is 1. The average molecular weight is 338 g/mol. The highest BCUT2D eigenvalue weighted by Gasteiger charge is 2.28. The molecule has 0 aliphatic rings. The van der Waals surface area contributed by atoms with Gasteiger partial charge in [-0.25, -0.2) is 0 Å². The predicted molar refractivity (Wildman–Crippen MR) is 103 cm³/mol. The summed E-state index contributed by atoms with van der Waals surface area (Å²) in [5.41, 5.74) is 1.97. The molecule has 0 aliphatic heterocycles. The van der Waals surface area contributed by atoms with Gasteiger partial charge in [0.15, 0.2) is 0 Å². The lowest BCUT2D eigenvalue weighted by atomic mass is 10.0. The van der Waals surface area contributed by atoms with Crippen molar-refractivity contribution in [3.05, 3.63) is 29.8 Å². The van der Waals surface area contributed by atoms with Gasteiger partial charge in [-0.2, -0.15) is 0 Å². The van der Waals surface area contributed by atoms with Crippen molar-refractivity contribution in [3.63, 3.8) is 0 Å². The summed E-state index contributed by atoms with van der Waals surface area (Å²) in [6.45, 7) is 7.98. The first kappa shape index (κ1) is 20.2. The Labute approximate surface area is 148 Å². The molecule has 24 heavy (non-hydrogen) atoms. The third-order valence-electron chi connectivity index (χ3n) is 4.13. The van der Waals surface area contributed by atoms with Crippen LogP contribution in [-0.2, 0) is 16.0 Å². The third-order valence-corrected chi connectivity index (χ3v) is 4.13. The van der Waals surface area contributed by atoms with Gasteiger partial charge < -0.3 is 10.6 Å². The molecule has 5 nitrogen and oxygen atoms in total. The van der Waals surface area contributed by atoms with Gasteiger partial charge in [-0.3, -0.25) is 14.5 Å². The van der Waals surface area contributed by atoms with Crippen molar-refractivity contribution in [3.8, 4) is 0 Å². The van der Waals surface area contributed by atoms with E-state index in [4.69, 9.17) is 0 Å². The molecule has 2 N–H and O–H groups in total. The first-order chi connectivity index (χ1) is 11.3. The van der Waals surface area contributed by atoms with Crippen LogP contribution in [0.15, 0.2) is 24.3 Å². The molecule has 1 aromatic carbocycles. The molecule has 5 heteroatoms. The van der Waals surface area contributed by atoms with Crippen LogP contribution in [0.25, 0.3) is 0 Å². The summed E-state index contributed by atoms with van der Waals surface area (Å²) in [4.78, 5) is 26.8. The van der Waals surface area contributed by atoms with Crippen molar-refractivity contribution in [2.45, 2.75) is 52.6 Å². The molecular weight excluding hydrogens is 302 g/mol. The van der Waals surface area contributed by atoms with Gasteiger partial charge in [-0.15, -0.1) is 0 Å². The third kappa shape index (κ3) is 5.64. The van der Waals surface area contributed by atoms with Gasteiger partial charge in [0.25, 0.3) is 0 Å². The van der Waals surface area contributed by atoms with E-state index < -0.39 is 6.04 Å². The van der Waals surface area contributed by atoms with Crippen molar-refractivity contribution in [2.75, 3.05) is 19.4 Å². The summed E-state index contributed by atoms with van der Waals surface area (Å²) in [7, 11) is 3.75. The van der Waals surface area contributed by atoms with Crippen molar-refractivity contribution in [2.24, 2.45) is 5.92 Å². The first-order valence-electron chi connectivity index (χ1n) is 8.66. The number of hydrogen-bond acceptors (Lipinski definition) is 3. The molecule has 0 unspecified atom stereocenters. The van der Waals surface area contributed by atoms with Crippen molar-refractivity contribution < 1.29 is 12.4 Å². The lowest BCUT2D eigenvalue weighted by Gasteiger charge is -2.28. The summed E-state index contributed by atoms with van der Waals surface area (Å²) in [6.07, 6.45) is 1.51. The van der Waals surface area contributed by atoms with Gasteiger partial charge in [0, 0.05) is 8.54 Å². The molecule has 0 fully saturated rings. The number of carbonyl (C=O) groups is 2. The maximum absolute atomic E-state index is 12.5. The molecule has 2 amide bonds. The Bertz CT molecular complexity index is 540. The maximum atomic E-state index is 12.5. The minimum absolute atomic E-state index is 0. The molecule has 0 bridgehead atoms. The highest BCUT2D eigenvalue weighted by Crippen LogP contribution is 2.12. The first-order valence-corrected chi connectivity index (χ1v) is 8.66. The van der Waals surface area contributed by atoms with Crippen LogP contribution in [-0.4, -0.2) is 42.9 Å². The Balaban J connectivity index is 0. The van der Waals surface area contributed by atoms with Crippen molar-refractivity contribution >= 4 is 17.5 Å². The smallest absolute Gasteiger partial charge is 0.246 e. The lowest BCUT2D eigenvalue weighted by molar-refractivity contribution is -0.130. The Morgan fingerprint density at radius 1 is 1.08 bits per heavy atom. The number of hydrogen-bond donors (Lipinski definition) is 2. The van der Waals surface area contributed by atoms with E-state index in [2.05, 4.69) is 17.6 Å². The maximum Gasteiger partial charge on any atom is 0.246 e. The Morgan fingerprint density at radius 3 is 2.08 bits per heavy atom. The van der Waals surface area contributed by atoms with E-state index in [1.54, 1.807) is 0 Å². The zero-order chi connectivity index (χ0) is 18.3. The van der Waals surface area contributed by atoms with Gasteiger partial charge in [-0.05, 0) is 50.6 Å². The topological polar surface area (TPSA) is 61.4 Å². The summed E-state index contributed by atoms with van der Waals surface area (Å²) in [6, 6.07) is 6.98. The molecule has 0 saturated carbocycles. The number of aryl methyl sites for hydroxylation is 1. The highest BCUT2D eigenvalue weighted by molar-refractivity contribution is 5.97. The standard InChI is InChI=1S/C19H31N3O2.2H2/c1-7-14-9-11-15(12-10-14)20-18(23)16(8-2)21-19(24)17(13(3)4)22(5)6;;/h9-13,16-17H,7-8H2,1-6H3,(H,20,23)(H,21,24);2*1H/t16-,17-;;/m0../s1. The van der Waals surface area contributed by atoms with Gasteiger partial charge in [0.2, 0.25) is 11.8 Å². The van der Waals surface area contributed by atoms with Crippen LogP contribution in [0.1, 0.15) is 42.5 Å². The fraction of sp³-hybridized carbons (Fsp3) is 0.579. The van der Waals surface area contributed by atoms with Crippen LogP contribution < -0.4 is 10.6 Å². The zero-order valence-electron chi connectivity index (χ0n) is 15.7. The van der Waals surface area contributed by atoms with Crippen molar-refractivity contribution in [1.82, 2.24) is 10.2 Å². The van der Waals surface area contributed by atoms with Gasteiger partial charge in [-0.1, -0.05) is 39.8 Å². The van der Waals surface area contributed by atoms with E-state index in [9.17, 15) is 9.59 Å². The molecule has 2 atom stereocenters. The zero-order valence-corrected chi connectivity index (χ0v) is 15.7. The quantitative estimate of drug-likeness (QED) is 0.766. The van der Waals surface area contributed by atoms with Gasteiger partial charge >= 0.3 is 0 Å². The number of nitrogens with one attached hydrogen (secondary N) is 2. The number of benzene rings is 1. The van der Waals surface area contributed by atoms with E-state index in [0.29, 0.717) is 6.42 Å². The molecule has 138 valence electrons. The molecule has 0 radical (unpaired) electrons. The highest BCUT2D eigenvalue weighted by atomic mass is 16.2. The molecule has 0 heterocycles. The number of carbonyl (C=O) groups excluding carboxylic acids is 2. The molecule has 1 aromatic rings. The largest absolute Gasteiger partial charge is 0.343 e. The van der Waals surface area contributed by atoms with Crippen LogP contribution in [0.5, 0.6) is 0 Å². The molecular formula is C19H35N3O2. The van der Waals surface area contributed by atoms with E-state index in [1.165, 1.54) is 5.56 Å². The molecule has 0 saturated heterocycles. The molecule has 1 rings (SSSR count). The number of anilines is 1. The summed E-state index contributed by atoms with van der Waals surface area (Å²) in [5.74, 6) is -0.128. The SMILES string of the molecule is CCc1ccc(NC(=O)[C@H](CC)NC(=O)[C@H](C(C)C)N(C)C)cc1.[HH].[HH]. The lowest BCUT2D eigenvalue weighted by Crippen LogP contribution is -2.52. The summed E-state index contributed by atoms with van der Waals surface area (Å²) < 4.78 is 0. The number of amides is 2. The minimum Gasteiger partial charge on any atom is -0.343 e. The average Bonchev–Trinajstić information content (AvgIpc) is 2.52. The van der Waals surface area contributed by atoms with Crippen LogP contribution >= 0.6 is 0 Å². The molecule has 0 aromatic heterocycles. The van der Waals surface area contributed by atoms with E-state index in [0.717, 1.165) is 12.1 Å². The fourth-order valence-electron chi connectivity index (χ4n) is 2.80. The molecule has 0 spiro atoms. The van der Waals surface area contributed by atoms with E-state index >= 15 is 0 Å².